The minimum Gasteiger partial charge on any atom is -0.383 e. The van der Waals surface area contributed by atoms with Crippen LogP contribution in [0, 0.1) is 6.92 Å². The number of aryl methyl sites for hydroxylation is 1. The molecule has 2 aliphatic rings. The smallest absolute Gasteiger partial charge is 0.203 e. The second-order valence-corrected chi connectivity index (χ2v) is 6.27. The van der Waals surface area contributed by atoms with Crippen molar-refractivity contribution in [3.05, 3.63) is 11.9 Å². The Labute approximate surface area is 121 Å². The third kappa shape index (κ3) is 2.99. The van der Waals surface area contributed by atoms with E-state index in [1.165, 1.54) is 25.8 Å². The van der Waals surface area contributed by atoms with E-state index in [1.807, 2.05) is 6.92 Å². The quantitative estimate of drug-likeness (QED) is 0.865. The van der Waals surface area contributed by atoms with Crippen LogP contribution in [0.1, 0.15) is 37.9 Å². The fourth-order valence-electron chi connectivity index (χ4n) is 3.14. The normalized spacial score (nSPS) is 25.1. The highest BCUT2D eigenvalue weighted by molar-refractivity contribution is 5.31. The number of imidazole rings is 1. The van der Waals surface area contributed by atoms with E-state index in [1.54, 1.807) is 7.11 Å². The van der Waals surface area contributed by atoms with Gasteiger partial charge in [-0.1, -0.05) is 0 Å². The molecule has 1 aromatic rings. The van der Waals surface area contributed by atoms with Crippen LogP contribution in [0.2, 0.25) is 0 Å². The molecule has 5 heteroatoms. The molecule has 0 amide bonds. The van der Waals surface area contributed by atoms with Gasteiger partial charge in [-0.15, -0.1) is 0 Å². The first kappa shape index (κ1) is 13.9. The molecule has 2 atom stereocenters. The van der Waals surface area contributed by atoms with Gasteiger partial charge in [0.1, 0.15) is 0 Å². The zero-order valence-electron chi connectivity index (χ0n) is 12.8. The molecule has 20 heavy (non-hydrogen) atoms. The lowest BCUT2D eigenvalue weighted by molar-refractivity contribution is 0.163. The number of ether oxygens (including phenoxy) is 1. The Balaban J connectivity index is 1.64. The van der Waals surface area contributed by atoms with Gasteiger partial charge in [0.15, 0.2) is 0 Å². The minimum absolute atomic E-state index is 0.310. The topological polar surface area (TPSA) is 42.3 Å². The summed E-state index contributed by atoms with van der Waals surface area (Å²) in [5.74, 6) is 0.995. The van der Waals surface area contributed by atoms with Crippen LogP contribution in [0.5, 0.6) is 0 Å². The molecule has 1 aliphatic carbocycles. The van der Waals surface area contributed by atoms with E-state index < -0.39 is 0 Å². The Morgan fingerprint density at radius 3 is 2.95 bits per heavy atom. The minimum atomic E-state index is 0.310. The molecule has 0 bridgehead atoms. The molecule has 1 saturated carbocycles. The Bertz CT molecular complexity index is 455. The third-order valence-electron chi connectivity index (χ3n) is 4.35. The number of hydrogen-bond acceptors (Lipinski definition) is 4. The first-order chi connectivity index (χ1) is 9.67. The maximum Gasteiger partial charge on any atom is 0.203 e. The van der Waals surface area contributed by atoms with Crippen molar-refractivity contribution in [3.8, 4) is 0 Å². The van der Waals surface area contributed by atoms with Gasteiger partial charge in [0.05, 0.1) is 18.3 Å². The highest BCUT2D eigenvalue weighted by Gasteiger charge is 2.34. The molecule has 5 nitrogen and oxygen atoms in total. The largest absolute Gasteiger partial charge is 0.383 e. The van der Waals surface area contributed by atoms with Crippen molar-refractivity contribution in [1.29, 1.82) is 0 Å². The van der Waals surface area contributed by atoms with E-state index in [-0.39, 0.29) is 0 Å². The molecular formula is C15H26N4O. The maximum atomic E-state index is 5.26. The molecule has 0 aromatic carbocycles. The van der Waals surface area contributed by atoms with E-state index >= 15 is 0 Å². The van der Waals surface area contributed by atoms with Crippen LogP contribution in [0.25, 0.3) is 0 Å². The number of aromatic nitrogens is 2. The summed E-state index contributed by atoms with van der Waals surface area (Å²) in [6, 6.07) is 1.71. The van der Waals surface area contributed by atoms with Gasteiger partial charge in [0.25, 0.3) is 0 Å². The fraction of sp³-hybridized carbons (Fsp3) is 0.800. The second kappa shape index (κ2) is 5.74. The number of hydrogen-bond donors (Lipinski definition) is 1. The molecule has 112 valence electrons. The van der Waals surface area contributed by atoms with Crippen molar-refractivity contribution < 1.29 is 4.74 Å². The zero-order valence-corrected chi connectivity index (χ0v) is 12.8. The monoisotopic (exact) mass is 278 g/mol. The Morgan fingerprint density at radius 1 is 1.45 bits per heavy atom. The maximum absolute atomic E-state index is 5.26. The van der Waals surface area contributed by atoms with Gasteiger partial charge < -0.3 is 14.6 Å². The number of nitrogens with one attached hydrogen (secondary N) is 1. The van der Waals surface area contributed by atoms with Gasteiger partial charge in [-0.3, -0.25) is 4.90 Å². The lowest BCUT2D eigenvalue weighted by Gasteiger charge is -2.19. The van der Waals surface area contributed by atoms with E-state index in [9.17, 15) is 0 Å². The van der Waals surface area contributed by atoms with Crippen LogP contribution >= 0.6 is 0 Å². The molecule has 0 spiro atoms. The van der Waals surface area contributed by atoms with Crippen LogP contribution < -0.4 is 5.32 Å². The summed E-state index contributed by atoms with van der Waals surface area (Å²) in [4.78, 5) is 7.26. The van der Waals surface area contributed by atoms with E-state index in [0.717, 1.165) is 24.2 Å². The second-order valence-electron chi connectivity index (χ2n) is 6.27. The predicted octanol–water partition coefficient (Wildman–Crippen LogP) is 2.05. The number of anilines is 1. The van der Waals surface area contributed by atoms with Gasteiger partial charge in [0.2, 0.25) is 5.95 Å². The summed E-state index contributed by atoms with van der Waals surface area (Å²) in [6.45, 7) is 7.32. The summed E-state index contributed by atoms with van der Waals surface area (Å²) < 4.78 is 7.47. The van der Waals surface area contributed by atoms with Crippen molar-refractivity contribution in [2.75, 3.05) is 32.1 Å². The van der Waals surface area contributed by atoms with Crippen molar-refractivity contribution in [2.24, 2.45) is 0 Å². The first-order valence-corrected chi connectivity index (χ1v) is 7.72. The SMILES string of the molecule is COCC(C)n1cc(C)nc1NC1CCN(C2CC2)C1. The first-order valence-electron chi connectivity index (χ1n) is 7.72. The molecule has 1 saturated heterocycles. The van der Waals surface area contributed by atoms with Gasteiger partial charge >= 0.3 is 0 Å². The Hall–Kier alpha value is -1.07. The highest BCUT2D eigenvalue weighted by atomic mass is 16.5. The van der Waals surface area contributed by atoms with Gasteiger partial charge in [0, 0.05) is 38.5 Å². The number of likely N-dealkylation sites (tertiary alicyclic amines) is 1. The van der Waals surface area contributed by atoms with Crippen molar-refractivity contribution >= 4 is 5.95 Å². The van der Waals surface area contributed by atoms with Gasteiger partial charge in [-0.25, -0.2) is 4.98 Å². The van der Waals surface area contributed by atoms with Crippen molar-refractivity contribution in [3.63, 3.8) is 0 Å². The van der Waals surface area contributed by atoms with E-state index in [4.69, 9.17) is 4.74 Å². The average Bonchev–Trinajstić information content (AvgIpc) is 3.05. The summed E-state index contributed by atoms with van der Waals surface area (Å²) in [6.07, 6.45) is 6.12. The van der Waals surface area contributed by atoms with Crippen LogP contribution in [-0.2, 0) is 4.74 Å². The van der Waals surface area contributed by atoms with Crippen LogP contribution in [-0.4, -0.2) is 53.3 Å². The number of rotatable bonds is 6. The summed E-state index contributed by atoms with van der Waals surface area (Å²) in [5, 5.41) is 3.64. The Kier molecular flexibility index (Phi) is 3.98. The average molecular weight is 278 g/mol. The van der Waals surface area contributed by atoms with Crippen LogP contribution in [0.15, 0.2) is 6.20 Å². The van der Waals surface area contributed by atoms with Crippen molar-refractivity contribution in [1.82, 2.24) is 14.5 Å². The molecule has 1 aliphatic heterocycles. The standard InChI is InChI=1S/C15H26N4O/c1-11-8-19(12(2)10-20-3)15(16-11)17-13-6-7-18(9-13)14-4-5-14/h8,12-14H,4-7,9-10H2,1-3H3,(H,16,17). The molecule has 1 aromatic heterocycles. The fourth-order valence-corrected chi connectivity index (χ4v) is 3.14. The number of methoxy groups -OCH3 is 1. The third-order valence-corrected chi connectivity index (χ3v) is 4.35. The highest BCUT2D eigenvalue weighted by Crippen LogP contribution is 2.30. The molecule has 2 unspecified atom stereocenters. The summed E-state index contributed by atoms with van der Waals surface area (Å²) in [7, 11) is 1.75. The molecule has 1 N–H and O–H groups in total. The molecule has 2 heterocycles. The van der Waals surface area contributed by atoms with Crippen molar-refractivity contribution in [2.45, 2.75) is 51.2 Å². The number of nitrogens with zero attached hydrogens (tertiary/aromatic N) is 3. The lowest BCUT2D eigenvalue weighted by atomic mass is 10.3. The van der Waals surface area contributed by atoms with Gasteiger partial charge in [-0.2, -0.15) is 0 Å². The summed E-state index contributed by atoms with van der Waals surface area (Å²) in [5.41, 5.74) is 1.06. The van der Waals surface area contributed by atoms with Gasteiger partial charge in [-0.05, 0) is 33.1 Å². The van der Waals surface area contributed by atoms with Crippen LogP contribution in [0.4, 0.5) is 5.95 Å². The Morgan fingerprint density at radius 2 is 2.25 bits per heavy atom. The molecule has 0 radical (unpaired) electrons. The lowest BCUT2D eigenvalue weighted by Crippen LogP contribution is -2.29. The molecule has 2 fully saturated rings. The molecular weight excluding hydrogens is 252 g/mol. The molecule has 3 rings (SSSR count). The van der Waals surface area contributed by atoms with E-state index in [2.05, 4.69) is 32.9 Å². The van der Waals surface area contributed by atoms with E-state index in [0.29, 0.717) is 18.7 Å². The van der Waals surface area contributed by atoms with Crippen LogP contribution in [0.3, 0.4) is 0 Å². The summed E-state index contributed by atoms with van der Waals surface area (Å²) >= 11 is 0. The predicted molar refractivity (Wildman–Crippen MR) is 80.2 cm³/mol. The zero-order chi connectivity index (χ0) is 14.1.